The number of nitrogens with one attached hydrogen (secondary N) is 7. The molecule has 5 amide bonds. The Morgan fingerprint density at radius 2 is 0.971 bits per heavy atom. The number of hydrogen-bond donors (Lipinski definition) is 10. The summed E-state index contributed by atoms with van der Waals surface area (Å²) in [5, 5.41) is 26.0. The van der Waals surface area contributed by atoms with E-state index in [1.165, 1.54) is 6.92 Å². The topological polar surface area (TPSA) is 301 Å². The number of fused-ring (bicyclic) bond motifs is 2. The van der Waals surface area contributed by atoms with Crippen LogP contribution in [0.25, 0.3) is 21.8 Å². The minimum Gasteiger partial charge on any atom is -0.481 e. The summed E-state index contributed by atoms with van der Waals surface area (Å²) in [5.74, 6) is -4.18. The molecule has 6 atom stereocenters. The van der Waals surface area contributed by atoms with Gasteiger partial charge in [-0.1, -0.05) is 49.2 Å². The number of hydrogen-bond acceptors (Lipinski definition) is 10. The van der Waals surface area contributed by atoms with Crippen molar-refractivity contribution in [3.63, 3.8) is 0 Å². The summed E-state index contributed by atoms with van der Waals surface area (Å²) in [5.41, 5.74) is 14.3. The standard InChI is InChI=1S/C50H69N9O9/c1-31(60)16-17-34-26-47(64)58-44(40-30-54-42-15-5-3-13-38(40)42)28-49(66)59-43(39-29-53-41-14-4-2-12-37(39)41)27-48(65)57-35(18-19-50(67)68)25-46(63)55-33(11-7-9-21-52)24-36(61)22-32(10-6-8-20-51)23-45(62)56-34/h2-5,12-15,29-30,32-35,43-44,53-54H,6-11,16-28,51-52H2,1H3,(H,55,63)(H,56,62)(H,57,65)(H,58,64)(H,59,66)(H,67,68). The third kappa shape index (κ3) is 17.0. The second-order valence-corrected chi connectivity index (χ2v) is 18.2. The van der Waals surface area contributed by atoms with E-state index in [9.17, 15) is 43.5 Å². The number of nitrogens with two attached hydrogens (primary N) is 2. The lowest BCUT2D eigenvalue weighted by molar-refractivity contribution is -0.138. The number of carbonyl (C=O) groups excluding carboxylic acids is 7. The predicted molar refractivity (Wildman–Crippen MR) is 258 cm³/mol. The largest absolute Gasteiger partial charge is 0.481 e. The minimum atomic E-state index is -1.11. The number of benzene rings is 2. The number of Topliss-reactive ketones (excluding diaryl/α,β-unsaturated/α-hetero) is 2. The van der Waals surface area contributed by atoms with Crippen molar-refractivity contribution in [2.75, 3.05) is 13.1 Å². The number of carboxylic acids is 1. The van der Waals surface area contributed by atoms with Crippen molar-refractivity contribution in [1.82, 2.24) is 36.6 Å². The highest BCUT2D eigenvalue weighted by Crippen LogP contribution is 2.30. The fourth-order valence-electron chi connectivity index (χ4n) is 9.11. The fraction of sp³-hybridized carbons (Fsp3) is 0.520. The molecule has 2 aromatic carbocycles. The second kappa shape index (κ2) is 26.8. The molecule has 0 saturated carbocycles. The summed E-state index contributed by atoms with van der Waals surface area (Å²) in [4.78, 5) is 114. The minimum absolute atomic E-state index is 0.0253. The molecular weight excluding hydrogens is 871 g/mol. The number of carboxylic acid groups (broad SMARTS) is 1. The molecule has 4 aromatic rings. The summed E-state index contributed by atoms with van der Waals surface area (Å²) in [6, 6.07) is 10.8. The maximum Gasteiger partial charge on any atom is 0.303 e. The first-order valence-corrected chi connectivity index (χ1v) is 23.9. The van der Waals surface area contributed by atoms with Gasteiger partial charge in [-0.05, 0) is 76.6 Å². The van der Waals surface area contributed by atoms with Crippen LogP contribution < -0.4 is 38.1 Å². The van der Waals surface area contributed by atoms with E-state index in [-0.39, 0.29) is 94.0 Å². The van der Waals surface area contributed by atoms with Gasteiger partial charge in [0.05, 0.1) is 24.9 Å². The molecule has 1 aliphatic heterocycles. The Kier molecular flexibility index (Phi) is 20.7. The summed E-state index contributed by atoms with van der Waals surface area (Å²) >= 11 is 0. The SMILES string of the molecule is CC(=O)CCC1CC(=O)NC(c2c[nH]c3ccccc23)CC(=O)NC(c2c[nH]c3ccccc23)CC(=O)NC(CCC(=O)O)CC(=O)NC(CCCCN)CC(=O)CC(CCCCN)CC(=O)N1. The Morgan fingerprint density at radius 1 is 0.529 bits per heavy atom. The van der Waals surface area contributed by atoms with Gasteiger partial charge in [0, 0.05) is 108 Å². The van der Waals surface area contributed by atoms with Crippen LogP contribution in [0.3, 0.4) is 0 Å². The van der Waals surface area contributed by atoms with Crippen LogP contribution in [0.15, 0.2) is 60.9 Å². The maximum atomic E-state index is 14.4. The molecule has 5 rings (SSSR count). The smallest absolute Gasteiger partial charge is 0.303 e. The van der Waals surface area contributed by atoms with E-state index in [4.69, 9.17) is 11.5 Å². The molecule has 0 aliphatic carbocycles. The second-order valence-electron chi connectivity index (χ2n) is 18.2. The van der Waals surface area contributed by atoms with E-state index in [2.05, 4.69) is 36.6 Å². The average molecular weight is 940 g/mol. The van der Waals surface area contributed by atoms with Gasteiger partial charge in [-0.2, -0.15) is 0 Å². The van der Waals surface area contributed by atoms with Gasteiger partial charge in [-0.25, -0.2) is 0 Å². The van der Waals surface area contributed by atoms with Crippen LogP contribution in [0, 0.1) is 5.92 Å². The van der Waals surface area contributed by atoms with Gasteiger partial charge in [0.2, 0.25) is 29.5 Å². The molecule has 1 aliphatic rings. The number of ketones is 2. The molecule has 0 bridgehead atoms. The van der Waals surface area contributed by atoms with Gasteiger partial charge in [-0.3, -0.25) is 33.6 Å². The van der Waals surface area contributed by atoms with E-state index in [1.54, 1.807) is 12.4 Å². The number of H-pyrrole nitrogens is 2. The number of unbranched alkanes of at least 4 members (excludes halogenated alkanes) is 2. The maximum absolute atomic E-state index is 14.4. The van der Waals surface area contributed by atoms with Crippen molar-refractivity contribution in [2.24, 2.45) is 17.4 Å². The van der Waals surface area contributed by atoms with E-state index < -0.39 is 59.8 Å². The van der Waals surface area contributed by atoms with Gasteiger partial charge >= 0.3 is 5.97 Å². The summed E-state index contributed by atoms with van der Waals surface area (Å²) in [7, 11) is 0. The average Bonchev–Trinajstić information content (AvgIpc) is 3.92. The zero-order chi connectivity index (χ0) is 49.0. The van der Waals surface area contributed by atoms with Gasteiger partial charge in [0.15, 0.2) is 0 Å². The first-order valence-electron chi connectivity index (χ1n) is 23.9. The lowest BCUT2D eigenvalue weighted by atomic mass is 9.89. The molecule has 18 heteroatoms. The Hall–Kier alpha value is -6.40. The van der Waals surface area contributed by atoms with Crippen LogP contribution in [0.2, 0.25) is 0 Å². The summed E-state index contributed by atoms with van der Waals surface area (Å²) in [6.07, 6.45) is 5.86. The number of carbonyl (C=O) groups is 8. The van der Waals surface area contributed by atoms with Crippen LogP contribution in [-0.2, 0) is 38.4 Å². The van der Waals surface area contributed by atoms with Crippen LogP contribution >= 0.6 is 0 Å². The Morgan fingerprint density at radius 3 is 1.49 bits per heavy atom. The summed E-state index contributed by atoms with van der Waals surface area (Å²) < 4.78 is 0. The molecule has 0 radical (unpaired) electrons. The molecule has 68 heavy (non-hydrogen) atoms. The van der Waals surface area contributed by atoms with Crippen LogP contribution in [0.5, 0.6) is 0 Å². The van der Waals surface area contributed by atoms with Crippen LogP contribution in [-0.4, -0.2) is 93.4 Å². The van der Waals surface area contributed by atoms with Gasteiger partial charge < -0.3 is 57.9 Å². The zero-order valence-electron chi connectivity index (χ0n) is 39.0. The lowest BCUT2D eigenvalue weighted by Gasteiger charge is -2.25. The Labute approximate surface area is 396 Å². The van der Waals surface area contributed by atoms with Crippen molar-refractivity contribution in [1.29, 1.82) is 0 Å². The van der Waals surface area contributed by atoms with Gasteiger partial charge in [0.1, 0.15) is 11.6 Å². The van der Waals surface area contributed by atoms with Crippen LogP contribution in [0.1, 0.15) is 139 Å². The van der Waals surface area contributed by atoms with Crippen LogP contribution in [0.4, 0.5) is 0 Å². The molecular formula is C50H69N9O9. The molecule has 1 saturated heterocycles. The first-order chi connectivity index (χ1) is 32.7. The van der Waals surface area contributed by atoms with E-state index in [1.807, 2.05) is 48.5 Å². The van der Waals surface area contributed by atoms with Crippen molar-refractivity contribution in [3.05, 3.63) is 72.1 Å². The quantitative estimate of drug-likeness (QED) is 0.0696. The number of aliphatic carboxylic acids is 1. The molecule has 1 fully saturated rings. The van der Waals surface area contributed by atoms with Crippen molar-refractivity contribution < 1.29 is 43.5 Å². The third-order valence-electron chi connectivity index (χ3n) is 12.5. The first kappa shape index (κ1) is 52.6. The Bertz CT molecular complexity index is 2200. The van der Waals surface area contributed by atoms with E-state index >= 15 is 0 Å². The predicted octanol–water partition coefficient (Wildman–Crippen LogP) is 4.54. The highest BCUT2D eigenvalue weighted by molar-refractivity contribution is 5.90. The third-order valence-corrected chi connectivity index (χ3v) is 12.5. The van der Waals surface area contributed by atoms with Gasteiger partial charge in [0.25, 0.3) is 0 Å². The molecule has 12 N–H and O–H groups in total. The van der Waals surface area contributed by atoms with Crippen molar-refractivity contribution in [2.45, 2.75) is 146 Å². The molecule has 0 spiro atoms. The van der Waals surface area contributed by atoms with Crippen molar-refractivity contribution in [3.8, 4) is 0 Å². The number of aromatic nitrogens is 2. The molecule has 2 aromatic heterocycles. The normalized spacial score (nSPS) is 22.4. The molecule has 6 unspecified atom stereocenters. The number of aromatic amines is 2. The van der Waals surface area contributed by atoms with Gasteiger partial charge in [-0.15, -0.1) is 0 Å². The Balaban J connectivity index is 1.51. The monoisotopic (exact) mass is 940 g/mol. The zero-order valence-corrected chi connectivity index (χ0v) is 39.0. The summed E-state index contributed by atoms with van der Waals surface area (Å²) in [6.45, 7) is 2.28. The lowest BCUT2D eigenvalue weighted by Crippen LogP contribution is -2.44. The van der Waals surface area contributed by atoms with E-state index in [0.717, 1.165) is 21.8 Å². The molecule has 3 heterocycles. The highest BCUT2D eigenvalue weighted by atomic mass is 16.4. The molecule has 18 nitrogen and oxygen atoms in total. The molecule has 368 valence electrons. The van der Waals surface area contributed by atoms with E-state index in [0.29, 0.717) is 62.7 Å². The number of para-hydroxylation sites is 2. The van der Waals surface area contributed by atoms with Crippen molar-refractivity contribution >= 4 is 68.9 Å². The number of rotatable bonds is 16. The number of amides is 5. The highest BCUT2D eigenvalue weighted by Gasteiger charge is 2.30. The fourth-order valence-corrected chi connectivity index (χ4v) is 9.11.